The summed E-state index contributed by atoms with van der Waals surface area (Å²) in [7, 11) is 1.86. The molecule has 4 saturated carbocycles. The van der Waals surface area contributed by atoms with Crippen LogP contribution in [-0.2, 0) is 4.79 Å². The summed E-state index contributed by atoms with van der Waals surface area (Å²) in [6.45, 7) is 0. The molecule has 4 aliphatic carbocycles. The number of carbonyl (C=O) groups is 1. The van der Waals surface area contributed by atoms with Crippen molar-refractivity contribution >= 4 is 46.5 Å². The van der Waals surface area contributed by atoms with Gasteiger partial charge in [0.25, 0.3) is 0 Å². The van der Waals surface area contributed by atoms with Crippen LogP contribution in [0.4, 0.5) is 5.82 Å². The van der Waals surface area contributed by atoms with Crippen LogP contribution in [0.3, 0.4) is 0 Å². The molecule has 4 bridgehead atoms. The van der Waals surface area contributed by atoms with Crippen molar-refractivity contribution < 1.29 is 4.79 Å². The third kappa shape index (κ3) is 3.75. The summed E-state index contributed by atoms with van der Waals surface area (Å²) in [4.78, 5) is 15.7. The van der Waals surface area contributed by atoms with Gasteiger partial charge in [0.2, 0.25) is 5.91 Å². The fourth-order valence-corrected chi connectivity index (χ4v) is 7.64. The van der Waals surface area contributed by atoms with Crippen LogP contribution in [0.25, 0.3) is 16.9 Å². The van der Waals surface area contributed by atoms with Gasteiger partial charge in [-0.3, -0.25) is 9.69 Å². The smallest absolute Gasteiger partial charge is 0.234 e. The lowest BCUT2D eigenvalue weighted by molar-refractivity contribution is -0.143. The molecule has 0 N–H and O–H groups in total. The summed E-state index contributed by atoms with van der Waals surface area (Å²) in [5.74, 6) is 2.95. The molecule has 1 aromatic heterocycles. The molecule has 4 aliphatic rings. The van der Waals surface area contributed by atoms with Crippen molar-refractivity contribution in [1.82, 2.24) is 9.78 Å². The molecule has 0 unspecified atom stereocenters. The predicted octanol–water partition coefficient (Wildman–Crippen LogP) is 7.68. The van der Waals surface area contributed by atoms with Crippen LogP contribution in [0.5, 0.6) is 0 Å². The Morgan fingerprint density at radius 1 is 0.912 bits per heavy atom. The second kappa shape index (κ2) is 8.29. The van der Waals surface area contributed by atoms with E-state index in [0.29, 0.717) is 44.3 Å². The van der Waals surface area contributed by atoms with E-state index >= 15 is 0 Å². The van der Waals surface area contributed by atoms with Crippen LogP contribution in [0, 0.1) is 23.2 Å². The van der Waals surface area contributed by atoms with E-state index in [1.165, 1.54) is 19.3 Å². The number of anilines is 1. The minimum Gasteiger partial charge on any atom is -0.298 e. The van der Waals surface area contributed by atoms with Gasteiger partial charge >= 0.3 is 0 Å². The van der Waals surface area contributed by atoms with Crippen molar-refractivity contribution in [3.8, 4) is 16.9 Å². The third-order valence-electron chi connectivity index (χ3n) is 8.11. The van der Waals surface area contributed by atoms with Crippen molar-refractivity contribution in [2.24, 2.45) is 23.2 Å². The van der Waals surface area contributed by atoms with Crippen molar-refractivity contribution in [3.63, 3.8) is 0 Å². The van der Waals surface area contributed by atoms with E-state index in [4.69, 9.17) is 39.9 Å². The molecule has 0 atom stereocenters. The van der Waals surface area contributed by atoms with Crippen LogP contribution >= 0.6 is 34.8 Å². The lowest BCUT2D eigenvalue weighted by atomic mass is 9.49. The van der Waals surface area contributed by atoms with Crippen LogP contribution in [0.1, 0.15) is 38.5 Å². The van der Waals surface area contributed by atoms with E-state index in [1.54, 1.807) is 21.7 Å². The van der Waals surface area contributed by atoms with Crippen LogP contribution in [0.2, 0.25) is 15.1 Å². The fraction of sp³-hybridized carbons (Fsp3) is 0.407. The maximum atomic E-state index is 14.0. The molecule has 3 aromatic rings. The zero-order chi connectivity index (χ0) is 23.6. The van der Waals surface area contributed by atoms with E-state index in [1.807, 2.05) is 43.4 Å². The normalized spacial score (nSPS) is 27.2. The Morgan fingerprint density at radius 3 is 2.09 bits per heavy atom. The minimum absolute atomic E-state index is 0.209. The number of halogens is 3. The Bertz CT molecular complexity index is 1230. The van der Waals surface area contributed by atoms with Crippen molar-refractivity contribution in [2.75, 3.05) is 11.9 Å². The molecule has 0 aliphatic heterocycles. The number of hydrogen-bond acceptors (Lipinski definition) is 2. The quantitative estimate of drug-likeness (QED) is 0.358. The molecule has 4 nitrogen and oxygen atoms in total. The summed E-state index contributed by atoms with van der Waals surface area (Å²) in [6.07, 6.45) is 6.99. The second-order valence-electron chi connectivity index (χ2n) is 10.5. The molecular weight excluding hydrogens is 489 g/mol. The average Bonchev–Trinajstić information content (AvgIpc) is 3.23. The lowest BCUT2D eigenvalue weighted by Gasteiger charge is -2.56. The van der Waals surface area contributed by atoms with Gasteiger partial charge in [-0.05, 0) is 86.6 Å². The fourth-order valence-electron chi connectivity index (χ4n) is 7.03. The largest absolute Gasteiger partial charge is 0.298 e. The number of rotatable bonds is 4. The Hall–Kier alpha value is -2.01. The van der Waals surface area contributed by atoms with Crippen LogP contribution < -0.4 is 4.90 Å². The number of hydrogen-bond donors (Lipinski definition) is 0. The number of carbonyl (C=O) groups excluding carboxylic acids is 1. The van der Waals surface area contributed by atoms with Crippen molar-refractivity contribution in [2.45, 2.75) is 38.5 Å². The van der Waals surface area contributed by atoms with E-state index in [0.717, 1.165) is 30.5 Å². The highest BCUT2D eigenvalue weighted by Gasteiger charge is 2.55. The number of nitrogens with zero attached hydrogens (tertiary/aromatic N) is 3. The van der Waals surface area contributed by atoms with Gasteiger partial charge in [0.15, 0.2) is 5.82 Å². The minimum atomic E-state index is -0.231. The van der Waals surface area contributed by atoms with Gasteiger partial charge in [-0.25, -0.2) is 4.68 Å². The summed E-state index contributed by atoms with van der Waals surface area (Å²) in [6, 6.07) is 14.9. The first kappa shape index (κ1) is 22.5. The molecule has 0 radical (unpaired) electrons. The summed E-state index contributed by atoms with van der Waals surface area (Å²) >= 11 is 18.8. The number of aromatic nitrogens is 2. The van der Waals surface area contributed by atoms with E-state index in [9.17, 15) is 4.79 Å². The molecule has 7 rings (SSSR count). The van der Waals surface area contributed by atoms with Gasteiger partial charge < -0.3 is 0 Å². The zero-order valence-electron chi connectivity index (χ0n) is 19.0. The highest BCUT2D eigenvalue weighted by atomic mass is 35.5. The van der Waals surface area contributed by atoms with E-state index in [-0.39, 0.29) is 11.3 Å². The molecule has 0 saturated heterocycles. The first-order valence-corrected chi connectivity index (χ1v) is 13.0. The monoisotopic (exact) mass is 513 g/mol. The van der Waals surface area contributed by atoms with Gasteiger partial charge in [-0.15, -0.1) is 5.10 Å². The molecule has 1 heterocycles. The molecule has 0 spiro atoms. The summed E-state index contributed by atoms with van der Waals surface area (Å²) < 4.78 is 1.79. The van der Waals surface area contributed by atoms with Crippen LogP contribution in [-0.4, -0.2) is 22.7 Å². The lowest BCUT2D eigenvalue weighted by Crippen LogP contribution is -2.54. The highest BCUT2D eigenvalue weighted by molar-refractivity contribution is 6.35. The molecule has 4 fully saturated rings. The van der Waals surface area contributed by atoms with E-state index in [2.05, 4.69) is 0 Å². The topological polar surface area (TPSA) is 38.1 Å². The van der Waals surface area contributed by atoms with E-state index < -0.39 is 0 Å². The standard InChI is InChI=1S/C27H26Cl3N3O/c1-32(26(34)27-13-16-8-17(14-27)10-18(9-16)15-27)25-12-24(19-2-4-20(28)5-3-19)33(31-25)23-7-6-21(29)11-22(23)30/h2-7,11-12,16-18H,8-10,13-15H2,1H3. The molecule has 7 heteroatoms. The van der Waals surface area contributed by atoms with Crippen molar-refractivity contribution in [3.05, 3.63) is 63.6 Å². The second-order valence-corrected chi connectivity index (χ2v) is 11.7. The molecule has 34 heavy (non-hydrogen) atoms. The maximum Gasteiger partial charge on any atom is 0.234 e. The zero-order valence-corrected chi connectivity index (χ0v) is 21.2. The molecular formula is C27H26Cl3N3O. The Morgan fingerprint density at radius 2 is 1.50 bits per heavy atom. The van der Waals surface area contributed by atoms with Gasteiger partial charge in [0.1, 0.15) is 0 Å². The number of benzene rings is 2. The Kier molecular flexibility index (Phi) is 5.47. The van der Waals surface area contributed by atoms with Crippen LogP contribution in [0.15, 0.2) is 48.5 Å². The predicted molar refractivity (Wildman–Crippen MR) is 138 cm³/mol. The van der Waals surface area contributed by atoms with Gasteiger partial charge in [0.05, 0.1) is 21.8 Å². The van der Waals surface area contributed by atoms with Gasteiger partial charge in [-0.2, -0.15) is 0 Å². The first-order valence-electron chi connectivity index (χ1n) is 11.9. The molecule has 2 aromatic carbocycles. The van der Waals surface area contributed by atoms with Gasteiger partial charge in [0, 0.05) is 28.7 Å². The Balaban J connectivity index is 1.41. The SMILES string of the molecule is CN(C(=O)C12CC3CC(CC(C3)C1)C2)c1cc(-c2ccc(Cl)cc2)n(-c2ccc(Cl)cc2Cl)n1. The third-order valence-corrected chi connectivity index (χ3v) is 8.90. The highest BCUT2D eigenvalue weighted by Crippen LogP contribution is 2.60. The van der Waals surface area contributed by atoms with Gasteiger partial charge in [-0.1, -0.05) is 46.9 Å². The summed E-state index contributed by atoms with van der Waals surface area (Å²) in [5.41, 5.74) is 2.25. The number of amides is 1. The average molecular weight is 515 g/mol. The first-order chi connectivity index (χ1) is 16.3. The Labute approximate surface area is 214 Å². The molecule has 176 valence electrons. The van der Waals surface area contributed by atoms with Crippen molar-refractivity contribution in [1.29, 1.82) is 0 Å². The summed E-state index contributed by atoms with van der Waals surface area (Å²) in [5, 5.41) is 6.59. The molecule has 1 amide bonds. The maximum absolute atomic E-state index is 14.0.